The molecule has 3 aromatic carbocycles. The van der Waals surface area contributed by atoms with Gasteiger partial charge in [0.2, 0.25) is 11.8 Å². The van der Waals surface area contributed by atoms with Crippen LogP contribution in [0, 0.1) is 17.8 Å². The van der Waals surface area contributed by atoms with Crippen LogP contribution in [0.5, 0.6) is 0 Å². The minimum atomic E-state index is -0.717. The number of alkyl carbamates (subject to hydrolysis) is 2. The molecule has 2 aromatic heterocycles. The molecule has 14 nitrogen and oxygen atoms in total. The number of aromatic nitrogens is 4. The van der Waals surface area contributed by atoms with Crippen molar-refractivity contribution in [3.05, 3.63) is 150 Å². The highest BCUT2D eigenvalue weighted by molar-refractivity contribution is 5.87. The molecule has 2 fully saturated rings. The van der Waals surface area contributed by atoms with Gasteiger partial charge in [-0.1, -0.05) is 137 Å². The summed E-state index contributed by atoms with van der Waals surface area (Å²) in [5.74, 6) is 1.34. The molecule has 5 aromatic rings. The van der Waals surface area contributed by atoms with Crippen LogP contribution in [0.1, 0.15) is 113 Å². The minimum Gasteiger partial charge on any atom is -0.445 e. The summed E-state index contributed by atoms with van der Waals surface area (Å²) in [7, 11) is 0. The molecule has 7 aliphatic rings. The van der Waals surface area contributed by atoms with Crippen LogP contribution in [0.3, 0.4) is 0 Å². The Bertz CT molecular complexity index is 2910. The smallest absolute Gasteiger partial charge is 0.408 e. The molecule has 5 aliphatic carbocycles. The highest BCUT2D eigenvalue weighted by Crippen LogP contribution is 2.40. The summed E-state index contributed by atoms with van der Waals surface area (Å²) in [5.41, 5.74) is 12.9. The van der Waals surface area contributed by atoms with Crippen LogP contribution < -0.4 is 10.6 Å². The summed E-state index contributed by atoms with van der Waals surface area (Å²) in [6.07, 6.45) is 18.5. The van der Waals surface area contributed by atoms with Gasteiger partial charge in [0.15, 0.2) is 0 Å². The van der Waals surface area contributed by atoms with Gasteiger partial charge in [0.1, 0.15) is 36.9 Å². The summed E-state index contributed by atoms with van der Waals surface area (Å²) in [4.78, 5) is 72.8. The molecule has 4 N–H and O–H groups in total. The van der Waals surface area contributed by atoms with Gasteiger partial charge in [0, 0.05) is 13.1 Å². The second-order valence-electron chi connectivity index (χ2n) is 20.7. The summed E-state index contributed by atoms with van der Waals surface area (Å²) >= 11 is 0. The van der Waals surface area contributed by atoms with E-state index in [9.17, 15) is 19.2 Å². The molecular weight excluding hydrogens is 929 g/mol. The van der Waals surface area contributed by atoms with Gasteiger partial charge in [0.25, 0.3) is 0 Å². The number of likely N-dealkylation sites (tertiary alicyclic amines) is 2. The van der Waals surface area contributed by atoms with Crippen LogP contribution in [-0.4, -0.2) is 92.1 Å². The maximum Gasteiger partial charge on any atom is 0.408 e. The standard InChI is InChI=1S/C60H70N8O6/c1-7-31-73-59(71)65-53(37(3)4)57(69)67-29-9-11-51(67)55-61-35-49(63-55)45-25-21-43(22-26-45)47-33-39-13-17-41(47)19-15-40-14-18-42(20-16-39)48(34-40)44-23-27-46(28-24-44)50-36-62-56(64-50)52-12-10-30-68(52)58(70)54(38(5)6)66-60(72)74-32-8-2/h7-8,13-14,17,21-28,33-38,42,51-54H,1-2,9-12,15-16,18-20,29-32H2,3-6H3,(H,61,63)(H,62,64)(H,65,71)(H,66,72)/t42-,51+,52+,53+,54+/m1/s1. The topological polar surface area (TPSA) is 175 Å². The van der Waals surface area contributed by atoms with Crippen LogP contribution in [-0.2, 0) is 31.9 Å². The highest BCUT2D eigenvalue weighted by atomic mass is 16.6. The van der Waals surface area contributed by atoms with Gasteiger partial charge in [-0.3, -0.25) is 9.59 Å². The monoisotopic (exact) mass is 999 g/mol. The molecule has 0 radical (unpaired) electrons. The molecule has 4 amide bonds. The van der Waals surface area contributed by atoms with E-state index < -0.39 is 24.3 Å². The molecule has 5 atom stereocenters. The van der Waals surface area contributed by atoms with E-state index in [-0.39, 0.29) is 48.9 Å². The van der Waals surface area contributed by atoms with Gasteiger partial charge in [-0.25, -0.2) is 19.6 Å². The van der Waals surface area contributed by atoms with E-state index in [4.69, 9.17) is 19.4 Å². The van der Waals surface area contributed by atoms with Crippen molar-refractivity contribution in [3.8, 4) is 33.6 Å². The average molecular weight is 999 g/mol. The summed E-state index contributed by atoms with van der Waals surface area (Å²) in [6, 6.07) is 22.7. The Morgan fingerprint density at radius 2 is 1.19 bits per heavy atom. The second-order valence-corrected chi connectivity index (χ2v) is 20.7. The summed E-state index contributed by atoms with van der Waals surface area (Å²) < 4.78 is 10.3. The predicted molar refractivity (Wildman–Crippen MR) is 288 cm³/mol. The first kappa shape index (κ1) is 51.4. The Balaban J connectivity index is 0.850. The van der Waals surface area contributed by atoms with E-state index in [0.717, 1.165) is 92.0 Å². The first-order chi connectivity index (χ1) is 35.9. The molecule has 0 unspecified atom stereocenters. The molecule has 4 bridgehead atoms. The quantitative estimate of drug-likeness (QED) is 0.0707. The number of aryl methyl sites for hydroxylation is 2. The molecule has 386 valence electrons. The lowest BCUT2D eigenvalue weighted by atomic mass is 9.79. The number of benzene rings is 3. The molecule has 14 heteroatoms. The number of carbonyl (C=O) groups is 4. The molecule has 74 heavy (non-hydrogen) atoms. The lowest BCUT2D eigenvalue weighted by molar-refractivity contribution is -0.136. The Labute approximate surface area is 434 Å². The fourth-order valence-corrected chi connectivity index (χ4v) is 11.0. The molecular formula is C60H70N8O6. The average Bonchev–Trinajstić information content (AvgIpc) is 4.27. The van der Waals surface area contributed by atoms with E-state index >= 15 is 0 Å². The number of hydrogen-bond donors (Lipinski definition) is 4. The lowest BCUT2D eigenvalue weighted by Gasteiger charge is -2.30. The summed E-state index contributed by atoms with van der Waals surface area (Å²) in [6.45, 7) is 16.2. The zero-order valence-electron chi connectivity index (χ0n) is 43.2. The third-order valence-electron chi connectivity index (χ3n) is 15.1. The number of carbonyl (C=O) groups excluding carboxylic acids is 4. The van der Waals surface area contributed by atoms with E-state index in [0.29, 0.717) is 19.0 Å². The van der Waals surface area contributed by atoms with Gasteiger partial charge in [0.05, 0.1) is 35.9 Å². The summed E-state index contributed by atoms with van der Waals surface area (Å²) in [5, 5.41) is 5.53. The van der Waals surface area contributed by atoms with Crippen LogP contribution in [0.15, 0.2) is 122 Å². The number of ether oxygens (including phenoxy) is 2. The molecule has 2 aliphatic heterocycles. The predicted octanol–water partition coefficient (Wildman–Crippen LogP) is 11.2. The highest BCUT2D eigenvalue weighted by Gasteiger charge is 2.39. The molecule has 12 rings (SSSR count). The van der Waals surface area contributed by atoms with Crippen molar-refractivity contribution < 1.29 is 28.7 Å². The number of nitrogens with zero attached hydrogens (tertiary/aromatic N) is 4. The van der Waals surface area contributed by atoms with Gasteiger partial charge >= 0.3 is 12.2 Å². The third kappa shape index (κ3) is 11.5. The normalized spacial score (nSPS) is 19.3. The lowest BCUT2D eigenvalue weighted by Crippen LogP contribution is -2.51. The van der Waals surface area contributed by atoms with Crippen molar-refractivity contribution in [2.45, 2.75) is 110 Å². The maximum absolute atomic E-state index is 13.8. The largest absolute Gasteiger partial charge is 0.445 e. The van der Waals surface area contributed by atoms with Gasteiger partial charge in [-0.05, 0) is 120 Å². The van der Waals surface area contributed by atoms with E-state index in [1.54, 1.807) is 0 Å². The molecule has 4 heterocycles. The van der Waals surface area contributed by atoms with E-state index in [1.807, 2.05) is 49.9 Å². The maximum atomic E-state index is 13.8. The van der Waals surface area contributed by atoms with Crippen molar-refractivity contribution in [1.29, 1.82) is 0 Å². The number of allylic oxidation sites excluding steroid dienone is 4. The van der Waals surface area contributed by atoms with Crippen LogP contribution in [0.2, 0.25) is 0 Å². The zero-order chi connectivity index (χ0) is 51.9. The van der Waals surface area contributed by atoms with Crippen molar-refractivity contribution in [3.63, 3.8) is 0 Å². The van der Waals surface area contributed by atoms with Crippen molar-refractivity contribution in [2.75, 3.05) is 26.3 Å². The Kier molecular flexibility index (Phi) is 16.1. The number of nitrogens with one attached hydrogen (secondary N) is 4. The van der Waals surface area contributed by atoms with E-state index in [1.165, 1.54) is 51.1 Å². The fraction of sp³-hybridized carbons (Fsp3) is 0.400. The van der Waals surface area contributed by atoms with Crippen LogP contribution in [0.25, 0.3) is 39.2 Å². The molecule has 0 spiro atoms. The van der Waals surface area contributed by atoms with Crippen molar-refractivity contribution in [2.24, 2.45) is 17.8 Å². The molecule has 2 saturated heterocycles. The number of H-pyrrole nitrogens is 2. The zero-order valence-corrected chi connectivity index (χ0v) is 43.2. The van der Waals surface area contributed by atoms with Crippen LogP contribution >= 0.6 is 0 Å². The van der Waals surface area contributed by atoms with E-state index in [2.05, 4.69) is 113 Å². The van der Waals surface area contributed by atoms with Gasteiger partial charge in [-0.15, -0.1) is 0 Å². The first-order valence-corrected chi connectivity index (χ1v) is 26.4. The van der Waals surface area contributed by atoms with Gasteiger partial charge in [-0.2, -0.15) is 0 Å². The van der Waals surface area contributed by atoms with Gasteiger partial charge < -0.3 is 39.9 Å². The molecule has 0 saturated carbocycles. The first-order valence-electron chi connectivity index (χ1n) is 26.4. The third-order valence-corrected chi connectivity index (χ3v) is 15.1. The number of imidazole rings is 2. The number of amides is 4. The van der Waals surface area contributed by atoms with Crippen molar-refractivity contribution in [1.82, 2.24) is 40.4 Å². The minimum absolute atomic E-state index is 0.0732. The number of aromatic amines is 2. The SMILES string of the molecule is C=CCOC(=O)N[C@H](C(=O)N1CCC[C@H]1c1ncc(-c2ccc(C3=CC4=CC[C@@H]3CCc3ccc(c(-c5ccc(-c6cnc([C@@H]7CCCN7C(=O)[C@@H](NC(=O)OCC=C)C(C)C)[nH]6)cc5)c3)CC4)cc2)[nH]1)C(C)C. The number of rotatable bonds is 16. The fourth-order valence-electron chi connectivity index (χ4n) is 11.0. The number of hydrogen-bond acceptors (Lipinski definition) is 8. The Morgan fingerprint density at radius 3 is 1.70 bits per heavy atom. The Morgan fingerprint density at radius 1 is 0.676 bits per heavy atom. The Hall–Kier alpha value is -7.48. The van der Waals surface area contributed by atoms with Crippen molar-refractivity contribution >= 4 is 29.6 Å². The second kappa shape index (κ2) is 23.2. The van der Waals surface area contributed by atoms with Crippen LogP contribution in [0.4, 0.5) is 9.59 Å².